The molecule has 2 aromatic rings. The Morgan fingerprint density at radius 3 is 2.50 bits per heavy atom. The van der Waals surface area contributed by atoms with Gasteiger partial charge in [0, 0.05) is 36.2 Å². The molecule has 0 spiro atoms. The molecular weight excluding hydrogens is 272 g/mol. The molecule has 0 saturated heterocycles. The van der Waals surface area contributed by atoms with Crippen LogP contribution in [0.4, 0.5) is 0 Å². The van der Waals surface area contributed by atoms with Gasteiger partial charge in [0.25, 0.3) is 0 Å². The summed E-state index contributed by atoms with van der Waals surface area (Å²) in [5.41, 5.74) is 4.99. The molecular formula is C16H19ClN2O. The minimum Gasteiger partial charge on any atom is -0.299 e. The van der Waals surface area contributed by atoms with Crippen molar-refractivity contribution in [1.82, 2.24) is 9.78 Å². The number of aryl methyl sites for hydroxylation is 3. The number of nitrogens with zero attached hydrogens (tertiary/aromatic N) is 2. The van der Waals surface area contributed by atoms with Crippen LogP contribution >= 0.6 is 11.6 Å². The lowest BCUT2D eigenvalue weighted by Crippen LogP contribution is -2.08. The summed E-state index contributed by atoms with van der Waals surface area (Å²) in [6, 6.07) is 5.80. The fraction of sp³-hybridized carbons (Fsp3) is 0.375. The topological polar surface area (TPSA) is 34.9 Å². The summed E-state index contributed by atoms with van der Waals surface area (Å²) in [5, 5.41) is 5.00. The third-order valence-corrected chi connectivity index (χ3v) is 3.98. The maximum Gasteiger partial charge on any atom is 0.141 e. The van der Waals surface area contributed by atoms with Gasteiger partial charge >= 0.3 is 0 Å². The summed E-state index contributed by atoms with van der Waals surface area (Å²) in [4.78, 5) is 12.2. The summed E-state index contributed by atoms with van der Waals surface area (Å²) >= 11 is 6.17. The molecule has 0 saturated carbocycles. The van der Waals surface area contributed by atoms with Gasteiger partial charge < -0.3 is 0 Å². The number of Topliss-reactive ketones (excluding diaryl/α,β-unsaturated/α-hetero) is 1. The SMILES string of the molecule is Cc1ccc(CC(=O)Cc2c(C)nn(C)c2C)c(Cl)c1. The highest BCUT2D eigenvalue weighted by Crippen LogP contribution is 2.20. The summed E-state index contributed by atoms with van der Waals surface area (Å²) in [6.07, 6.45) is 0.780. The van der Waals surface area contributed by atoms with Gasteiger partial charge in [-0.25, -0.2) is 0 Å². The highest BCUT2D eigenvalue weighted by Gasteiger charge is 2.14. The van der Waals surface area contributed by atoms with E-state index in [1.807, 2.05) is 50.7 Å². The second-order valence-electron chi connectivity index (χ2n) is 5.26. The highest BCUT2D eigenvalue weighted by molar-refractivity contribution is 6.31. The van der Waals surface area contributed by atoms with Gasteiger partial charge in [0.15, 0.2) is 0 Å². The molecule has 0 unspecified atom stereocenters. The van der Waals surface area contributed by atoms with Crippen molar-refractivity contribution in [1.29, 1.82) is 0 Å². The zero-order valence-corrected chi connectivity index (χ0v) is 13.1. The van der Waals surface area contributed by atoms with Crippen LogP contribution in [-0.4, -0.2) is 15.6 Å². The van der Waals surface area contributed by atoms with E-state index in [1.54, 1.807) is 0 Å². The van der Waals surface area contributed by atoms with Crippen molar-refractivity contribution < 1.29 is 4.79 Å². The molecule has 3 nitrogen and oxygen atoms in total. The first-order valence-corrected chi connectivity index (χ1v) is 7.02. The lowest BCUT2D eigenvalue weighted by Gasteiger charge is -2.05. The fourth-order valence-corrected chi connectivity index (χ4v) is 2.64. The first-order chi connectivity index (χ1) is 9.38. The number of ketones is 1. The molecule has 1 aromatic heterocycles. The Balaban J connectivity index is 2.13. The molecule has 0 radical (unpaired) electrons. The Hall–Kier alpha value is -1.61. The van der Waals surface area contributed by atoms with Crippen LogP contribution in [0.25, 0.3) is 0 Å². The average Bonchev–Trinajstić information content (AvgIpc) is 2.60. The molecule has 0 amide bonds. The highest BCUT2D eigenvalue weighted by atomic mass is 35.5. The van der Waals surface area contributed by atoms with Crippen molar-refractivity contribution in [2.24, 2.45) is 7.05 Å². The quantitative estimate of drug-likeness (QED) is 0.865. The van der Waals surface area contributed by atoms with Crippen LogP contribution in [-0.2, 0) is 24.7 Å². The number of rotatable bonds is 4. The summed E-state index contributed by atoms with van der Waals surface area (Å²) < 4.78 is 1.82. The molecule has 106 valence electrons. The monoisotopic (exact) mass is 290 g/mol. The molecule has 0 fully saturated rings. The molecule has 0 atom stereocenters. The second kappa shape index (κ2) is 5.80. The number of aromatic nitrogens is 2. The van der Waals surface area contributed by atoms with Gasteiger partial charge in [-0.3, -0.25) is 9.48 Å². The molecule has 0 bridgehead atoms. The molecule has 1 aromatic carbocycles. The molecule has 0 aliphatic heterocycles. The van der Waals surface area contributed by atoms with Crippen LogP contribution in [0.3, 0.4) is 0 Å². The molecule has 1 heterocycles. The van der Waals surface area contributed by atoms with E-state index in [-0.39, 0.29) is 5.78 Å². The number of carbonyl (C=O) groups excluding carboxylic acids is 1. The van der Waals surface area contributed by atoms with Crippen molar-refractivity contribution in [3.63, 3.8) is 0 Å². The molecule has 0 aliphatic carbocycles. The Morgan fingerprint density at radius 1 is 1.25 bits per heavy atom. The van der Waals surface area contributed by atoms with E-state index in [0.717, 1.165) is 28.1 Å². The third kappa shape index (κ3) is 3.10. The Bertz CT molecular complexity index is 659. The summed E-state index contributed by atoms with van der Waals surface area (Å²) in [5.74, 6) is 0.162. The molecule has 0 aliphatic rings. The van der Waals surface area contributed by atoms with E-state index >= 15 is 0 Å². The zero-order valence-electron chi connectivity index (χ0n) is 12.3. The van der Waals surface area contributed by atoms with Crippen LogP contribution in [0.15, 0.2) is 18.2 Å². The molecule has 20 heavy (non-hydrogen) atoms. The number of halogens is 1. The maximum absolute atomic E-state index is 12.2. The summed E-state index contributed by atoms with van der Waals surface area (Å²) in [7, 11) is 1.90. The number of benzene rings is 1. The smallest absolute Gasteiger partial charge is 0.141 e. The second-order valence-corrected chi connectivity index (χ2v) is 5.67. The third-order valence-electron chi connectivity index (χ3n) is 3.63. The van der Waals surface area contributed by atoms with Crippen LogP contribution in [0.1, 0.15) is 28.1 Å². The van der Waals surface area contributed by atoms with Gasteiger partial charge in [0.1, 0.15) is 5.78 Å². The van der Waals surface area contributed by atoms with Gasteiger partial charge in [-0.05, 0) is 38.0 Å². The number of hydrogen-bond donors (Lipinski definition) is 0. The molecule has 2 rings (SSSR count). The van der Waals surface area contributed by atoms with E-state index in [2.05, 4.69) is 5.10 Å². The van der Waals surface area contributed by atoms with Gasteiger partial charge in [-0.1, -0.05) is 23.7 Å². The van der Waals surface area contributed by atoms with Crippen LogP contribution in [0, 0.1) is 20.8 Å². The van der Waals surface area contributed by atoms with Crippen molar-refractivity contribution in [3.8, 4) is 0 Å². The van der Waals surface area contributed by atoms with Crippen LogP contribution < -0.4 is 0 Å². The van der Waals surface area contributed by atoms with E-state index in [9.17, 15) is 4.79 Å². The van der Waals surface area contributed by atoms with Gasteiger partial charge in [0.05, 0.1) is 5.69 Å². The number of carbonyl (C=O) groups is 1. The van der Waals surface area contributed by atoms with Crippen molar-refractivity contribution in [2.45, 2.75) is 33.6 Å². The zero-order chi connectivity index (χ0) is 14.9. The van der Waals surface area contributed by atoms with E-state index in [0.29, 0.717) is 17.9 Å². The van der Waals surface area contributed by atoms with Crippen molar-refractivity contribution in [2.75, 3.05) is 0 Å². The lowest BCUT2D eigenvalue weighted by molar-refractivity contribution is -0.117. The number of hydrogen-bond acceptors (Lipinski definition) is 2. The lowest BCUT2D eigenvalue weighted by atomic mass is 10.0. The van der Waals surface area contributed by atoms with E-state index in [1.165, 1.54) is 0 Å². The Kier molecular flexibility index (Phi) is 4.29. The van der Waals surface area contributed by atoms with Crippen molar-refractivity contribution in [3.05, 3.63) is 51.3 Å². The minimum absolute atomic E-state index is 0.162. The minimum atomic E-state index is 0.162. The maximum atomic E-state index is 12.2. The predicted octanol–water partition coefficient (Wildman–Crippen LogP) is 3.35. The molecule has 4 heteroatoms. The van der Waals surface area contributed by atoms with Gasteiger partial charge in [-0.15, -0.1) is 0 Å². The average molecular weight is 291 g/mol. The summed E-state index contributed by atoms with van der Waals surface area (Å²) in [6.45, 7) is 5.91. The van der Waals surface area contributed by atoms with Crippen LogP contribution in [0.5, 0.6) is 0 Å². The van der Waals surface area contributed by atoms with Gasteiger partial charge in [-0.2, -0.15) is 5.10 Å². The van der Waals surface area contributed by atoms with E-state index in [4.69, 9.17) is 11.6 Å². The molecule has 0 N–H and O–H groups in total. The predicted molar refractivity (Wildman–Crippen MR) is 81.3 cm³/mol. The van der Waals surface area contributed by atoms with Crippen molar-refractivity contribution >= 4 is 17.4 Å². The largest absolute Gasteiger partial charge is 0.299 e. The Morgan fingerprint density at radius 2 is 1.95 bits per heavy atom. The van der Waals surface area contributed by atoms with E-state index < -0.39 is 0 Å². The first kappa shape index (κ1) is 14.8. The standard InChI is InChI=1S/C16H19ClN2O/c1-10-5-6-13(16(17)7-10)8-14(20)9-15-11(2)18-19(4)12(15)3/h5-7H,8-9H2,1-4H3. The fourth-order valence-electron chi connectivity index (χ4n) is 2.34. The first-order valence-electron chi connectivity index (χ1n) is 6.64. The Labute approximate surface area is 124 Å². The van der Waals surface area contributed by atoms with Gasteiger partial charge in [0.2, 0.25) is 0 Å². The normalized spacial score (nSPS) is 10.8. The van der Waals surface area contributed by atoms with Crippen LogP contribution in [0.2, 0.25) is 5.02 Å².